The first-order chi connectivity index (χ1) is 10.5. The van der Waals surface area contributed by atoms with E-state index in [1.807, 2.05) is 24.3 Å². The van der Waals surface area contributed by atoms with E-state index in [0.29, 0.717) is 26.2 Å². The van der Waals surface area contributed by atoms with Crippen LogP contribution in [0.3, 0.4) is 0 Å². The summed E-state index contributed by atoms with van der Waals surface area (Å²) in [5.41, 5.74) is 1.04. The van der Waals surface area contributed by atoms with Crippen molar-refractivity contribution in [3.63, 3.8) is 0 Å². The molecule has 120 valence electrons. The van der Waals surface area contributed by atoms with Crippen LogP contribution in [0.1, 0.15) is 12.5 Å². The van der Waals surface area contributed by atoms with Crippen LogP contribution in [0.25, 0.3) is 0 Å². The van der Waals surface area contributed by atoms with Crippen molar-refractivity contribution in [3.8, 4) is 0 Å². The Morgan fingerprint density at radius 1 is 1.27 bits per heavy atom. The molecule has 1 heterocycles. The Labute approximate surface area is 136 Å². The molecule has 5 nitrogen and oxygen atoms in total. The van der Waals surface area contributed by atoms with E-state index in [0.717, 1.165) is 17.1 Å². The Morgan fingerprint density at radius 2 is 2.00 bits per heavy atom. The molecule has 1 aliphatic rings. The molecule has 0 bridgehead atoms. The smallest absolute Gasteiger partial charge is 0.225 e. The van der Waals surface area contributed by atoms with Crippen molar-refractivity contribution in [1.82, 2.24) is 15.1 Å². The minimum atomic E-state index is -0.223. The second-order valence-corrected chi connectivity index (χ2v) is 6.01. The predicted octanol–water partition coefficient (Wildman–Crippen LogP) is 1.37. The summed E-state index contributed by atoms with van der Waals surface area (Å²) in [6.45, 7) is 4.68. The summed E-state index contributed by atoms with van der Waals surface area (Å²) < 4.78 is 0. The average molecular weight is 324 g/mol. The van der Waals surface area contributed by atoms with Gasteiger partial charge in [0.05, 0.1) is 5.92 Å². The van der Waals surface area contributed by atoms with Gasteiger partial charge in [0.2, 0.25) is 11.8 Å². The molecule has 1 fully saturated rings. The summed E-state index contributed by atoms with van der Waals surface area (Å²) in [4.78, 5) is 27.7. The zero-order valence-corrected chi connectivity index (χ0v) is 13.8. The van der Waals surface area contributed by atoms with Gasteiger partial charge in [-0.3, -0.25) is 14.5 Å². The standard InChI is InChI=1S/C16H22ClN3O2/c1-12(21)20-8-7-19(10-14(11-20)16(22)18-2)9-13-5-3-4-6-15(13)17/h3-6,14H,7-11H2,1-2H3,(H,18,22). The highest BCUT2D eigenvalue weighted by Crippen LogP contribution is 2.19. The number of halogens is 1. The van der Waals surface area contributed by atoms with Crippen LogP contribution in [0, 0.1) is 5.92 Å². The molecule has 1 aliphatic heterocycles. The number of hydrogen-bond donors (Lipinski definition) is 1. The Morgan fingerprint density at radius 3 is 2.64 bits per heavy atom. The van der Waals surface area contributed by atoms with Gasteiger partial charge in [-0.25, -0.2) is 0 Å². The molecule has 1 aromatic rings. The van der Waals surface area contributed by atoms with Gasteiger partial charge in [-0.15, -0.1) is 0 Å². The molecule has 2 amide bonds. The van der Waals surface area contributed by atoms with Crippen molar-refractivity contribution < 1.29 is 9.59 Å². The van der Waals surface area contributed by atoms with Crippen molar-refractivity contribution in [1.29, 1.82) is 0 Å². The summed E-state index contributed by atoms with van der Waals surface area (Å²) in [5.74, 6) is -0.246. The number of benzene rings is 1. The molecular formula is C16H22ClN3O2. The van der Waals surface area contributed by atoms with Gasteiger partial charge in [0.25, 0.3) is 0 Å². The first-order valence-corrected chi connectivity index (χ1v) is 7.82. The van der Waals surface area contributed by atoms with Crippen LogP contribution in [0.15, 0.2) is 24.3 Å². The first-order valence-electron chi connectivity index (χ1n) is 7.44. The van der Waals surface area contributed by atoms with Gasteiger partial charge in [-0.05, 0) is 11.6 Å². The number of hydrogen-bond acceptors (Lipinski definition) is 3. The topological polar surface area (TPSA) is 52.7 Å². The molecule has 1 aromatic carbocycles. The zero-order chi connectivity index (χ0) is 16.1. The van der Waals surface area contributed by atoms with E-state index < -0.39 is 0 Å². The molecule has 1 atom stereocenters. The lowest BCUT2D eigenvalue weighted by Gasteiger charge is -2.23. The fourth-order valence-electron chi connectivity index (χ4n) is 2.75. The second-order valence-electron chi connectivity index (χ2n) is 5.60. The lowest BCUT2D eigenvalue weighted by atomic mass is 10.1. The van der Waals surface area contributed by atoms with Crippen molar-refractivity contribution in [3.05, 3.63) is 34.9 Å². The van der Waals surface area contributed by atoms with Gasteiger partial charge < -0.3 is 10.2 Å². The maximum absolute atomic E-state index is 12.1. The summed E-state index contributed by atoms with van der Waals surface area (Å²) in [7, 11) is 1.63. The number of nitrogens with zero attached hydrogens (tertiary/aromatic N) is 2. The first kappa shape index (κ1) is 16.8. The van der Waals surface area contributed by atoms with Crippen LogP contribution in [0.4, 0.5) is 0 Å². The van der Waals surface area contributed by atoms with Gasteiger partial charge in [0.15, 0.2) is 0 Å². The summed E-state index contributed by atoms with van der Waals surface area (Å²) in [6, 6.07) is 7.72. The summed E-state index contributed by atoms with van der Waals surface area (Å²) >= 11 is 6.22. The molecule has 1 saturated heterocycles. The van der Waals surface area contributed by atoms with E-state index in [4.69, 9.17) is 11.6 Å². The third-order valence-corrected chi connectivity index (χ3v) is 4.39. The minimum absolute atomic E-state index is 0.00787. The Hall–Kier alpha value is -1.59. The van der Waals surface area contributed by atoms with Gasteiger partial charge in [-0.2, -0.15) is 0 Å². The van der Waals surface area contributed by atoms with Crippen molar-refractivity contribution in [2.75, 3.05) is 33.2 Å². The van der Waals surface area contributed by atoms with Crippen LogP contribution >= 0.6 is 11.6 Å². The summed E-state index contributed by atoms with van der Waals surface area (Å²) in [5, 5.41) is 3.42. The highest BCUT2D eigenvalue weighted by atomic mass is 35.5. The van der Waals surface area contributed by atoms with Crippen LogP contribution in [-0.2, 0) is 16.1 Å². The quantitative estimate of drug-likeness (QED) is 0.914. The molecule has 0 aromatic heterocycles. The predicted molar refractivity (Wildman–Crippen MR) is 86.5 cm³/mol. The molecule has 0 spiro atoms. The number of carbonyl (C=O) groups is 2. The van der Waals surface area contributed by atoms with E-state index in [1.54, 1.807) is 18.9 Å². The molecule has 0 radical (unpaired) electrons. The highest BCUT2D eigenvalue weighted by molar-refractivity contribution is 6.31. The minimum Gasteiger partial charge on any atom is -0.359 e. The van der Waals surface area contributed by atoms with Gasteiger partial charge in [0.1, 0.15) is 0 Å². The van der Waals surface area contributed by atoms with Gasteiger partial charge in [0, 0.05) is 51.7 Å². The van der Waals surface area contributed by atoms with Crippen molar-refractivity contribution in [2.45, 2.75) is 13.5 Å². The molecule has 0 aliphatic carbocycles. The molecule has 6 heteroatoms. The zero-order valence-electron chi connectivity index (χ0n) is 13.0. The maximum Gasteiger partial charge on any atom is 0.225 e. The van der Waals surface area contributed by atoms with Crippen LogP contribution < -0.4 is 5.32 Å². The molecule has 2 rings (SSSR count). The van der Waals surface area contributed by atoms with E-state index in [1.165, 1.54) is 0 Å². The average Bonchev–Trinajstić information content (AvgIpc) is 2.71. The number of nitrogens with one attached hydrogen (secondary N) is 1. The fourth-order valence-corrected chi connectivity index (χ4v) is 2.94. The largest absolute Gasteiger partial charge is 0.359 e. The van der Waals surface area contributed by atoms with E-state index in [9.17, 15) is 9.59 Å². The Bertz CT molecular complexity index is 550. The Balaban J connectivity index is 2.13. The van der Waals surface area contributed by atoms with Crippen LogP contribution in [0.2, 0.25) is 5.02 Å². The molecule has 1 unspecified atom stereocenters. The summed E-state index contributed by atoms with van der Waals surface area (Å²) in [6.07, 6.45) is 0. The fraction of sp³-hybridized carbons (Fsp3) is 0.500. The normalized spacial score (nSPS) is 19.6. The lowest BCUT2D eigenvalue weighted by molar-refractivity contribution is -0.130. The van der Waals surface area contributed by atoms with Crippen LogP contribution in [0.5, 0.6) is 0 Å². The third-order valence-electron chi connectivity index (χ3n) is 4.02. The number of amides is 2. The molecule has 22 heavy (non-hydrogen) atoms. The lowest BCUT2D eigenvalue weighted by Crippen LogP contribution is -2.40. The maximum atomic E-state index is 12.1. The van der Waals surface area contributed by atoms with E-state index in [2.05, 4.69) is 10.2 Å². The molecule has 0 saturated carbocycles. The SMILES string of the molecule is CNC(=O)C1CN(Cc2ccccc2Cl)CCN(C(C)=O)C1. The molecular weight excluding hydrogens is 302 g/mol. The third kappa shape index (κ3) is 4.21. The Kier molecular flexibility index (Phi) is 5.80. The monoisotopic (exact) mass is 323 g/mol. The number of carbonyl (C=O) groups excluding carboxylic acids is 2. The number of rotatable bonds is 3. The highest BCUT2D eigenvalue weighted by Gasteiger charge is 2.28. The van der Waals surface area contributed by atoms with E-state index >= 15 is 0 Å². The van der Waals surface area contributed by atoms with Crippen molar-refractivity contribution in [2.24, 2.45) is 5.92 Å². The molecule has 1 N–H and O–H groups in total. The van der Waals surface area contributed by atoms with Crippen molar-refractivity contribution >= 4 is 23.4 Å². The van der Waals surface area contributed by atoms with Gasteiger partial charge >= 0.3 is 0 Å². The second kappa shape index (κ2) is 7.61. The van der Waals surface area contributed by atoms with E-state index in [-0.39, 0.29) is 17.7 Å². The van der Waals surface area contributed by atoms with Gasteiger partial charge in [-0.1, -0.05) is 29.8 Å². The van der Waals surface area contributed by atoms with Crippen LogP contribution in [-0.4, -0.2) is 54.8 Å².